The molecule has 0 aromatic heterocycles. The molecule has 2 aliphatic heterocycles. The van der Waals surface area contributed by atoms with Gasteiger partial charge in [-0.25, -0.2) is 0 Å². The number of benzene rings is 1. The second-order valence-corrected chi connectivity index (χ2v) is 11.0. The van der Waals surface area contributed by atoms with Crippen LogP contribution in [0.2, 0.25) is 0 Å². The van der Waals surface area contributed by atoms with Crippen molar-refractivity contribution in [3.05, 3.63) is 29.8 Å². The van der Waals surface area contributed by atoms with Crippen molar-refractivity contribution in [2.75, 3.05) is 31.5 Å². The summed E-state index contributed by atoms with van der Waals surface area (Å²) in [7, 11) is 0. The van der Waals surface area contributed by atoms with Crippen LogP contribution in [0.25, 0.3) is 0 Å². The monoisotopic (exact) mass is 496 g/mol. The minimum atomic E-state index is -0.572. The van der Waals surface area contributed by atoms with Gasteiger partial charge >= 0.3 is 0 Å². The Morgan fingerprint density at radius 3 is 2.39 bits per heavy atom. The van der Waals surface area contributed by atoms with E-state index in [-0.39, 0.29) is 17.7 Å². The molecule has 3 aliphatic rings. The molecule has 0 bridgehead atoms. The van der Waals surface area contributed by atoms with Crippen molar-refractivity contribution in [1.82, 2.24) is 15.1 Å². The summed E-state index contributed by atoms with van der Waals surface area (Å²) in [5.74, 6) is 1.14. The van der Waals surface area contributed by atoms with E-state index in [2.05, 4.69) is 22.5 Å². The van der Waals surface area contributed by atoms with Gasteiger partial charge in [0.2, 0.25) is 17.7 Å². The van der Waals surface area contributed by atoms with Crippen LogP contribution in [0.3, 0.4) is 0 Å². The molecule has 2 unspecified atom stereocenters. The van der Waals surface area contributed by atoms with Crippen LogP contribution in [0.4, 0.5) is 5.69 Å². The molecule has 4 rings (SSSR count). The summed E-state index contributed by atoms with van der Waals surface area (Å²) in [5.41, 5.74) is 1.75. The van der Waals surface area contributed by atoms with Crippen LogP contribution in [0.15, 0.2) is 24.3 Å². The first-order valence-electron chi connectivity index (χ1n) is 14.2. The van der Waals surface area contributed by atoms with E-state index in [0.717, 1.165) is 56.7 Å². The molecule has 3 atom stereocenters. The number of amides is 3. The van der Waals surface area contributed by atoms with Gasteiger partial charge in [0.1, 0.15) is 6.04 Å². The van der Waals surface area contributed by atoms with Gasteiger partial charge in [0.05, 0.1) is 0 Å². The molecule has 198 valence electrons. The Bertz CT molecular complexity index is 890. The molecule has 1 aromatic carbocycles. The smallest absolute Gasteiger partial charge is 0.245 e. The summed E-state index contributed by atoms with van der Waals surface area (Å²) in [6.45, 7) is 7.56. The molecular weight excluding hydrogens is 452 g/mol. The lowest BCUT2D eigenvalue weighted by Gasteiger charge is -2.40. The number of rotatable bonds is 9. The molecule has 2 saturated heterocycles. The molecule has 36 heavy (non-hydrogen) atoms. The van der Waals surface area contributed by atoms with Crippen molar-refractivity contribution >= 4 is 23.4 Å². The maximum Gasteiger partial charge on any atom is 0.245 e. The first-order chi connectivity index (χ1) is 17.5. The highest BCUT2D eigenvalue weighted by molar-refractivity contribution is 5.91. The first kappa shape index (κ1) is 26.6. The maximum absolute atomic E-state index is 13.6. The third-order valence-electron chi connectivity index (χ3n) is 8.53. The minimum Gasteiger partial charge on any atom is -0.344 e. The number of carbonyl (C=O) groups excluding carboxylic acids is 3. The number of nitrogens with one attached hydrogen (secondary N) is 2. The largest absolute Gasteiger partial charge is 0.344 e. The zero-order valence-corrected chi connectivity index (χ0v) is 22.1. The fourth-order valence-electron chi connectivity index (χ4n) is 6.31. The van der Waals surface area contributed by atoms with Gasteiger partial charge in [-0.05, 0) is 55.3 Å². The highest BCUT2D eigenvalue weighted by atomic mass is 16.2. The van der Waals surface area contributed by atoms with Crippen molar-refractivity contribution in [3.8, 4) is 0 Å². The molecule has 1 saturated carbocycles. The Labute approximate surface area is 216 Å². The number of anilines is 1. The van der Waals surface area contributed by atoms with Crippen LogP contribution < -0.4 is 10.6 Å². The zero-order valence-electron chi connectivity index (χ0n) is 22.1. The van der Waals surface area contributed by atoms with Crippen LogP contribution >= 0.6 is 0 Å². The molecule has 2 N–H and O–H groups in total. The van der Waals surface area contributed by atoms with Crippen LogP contribution in [-0.2, 0) is 20.8 Å². The Hall–Kier alpha value is -2.41. The van der Waals surface area contributed by atoms with Crippen LogP contribution in [0.5, 0.6) is 0 Å². The van der Waals surface area contributed by atoms with E-state index in [4.69, 9.17) is 0 Å². The summed E-state index contributed by atoms with van der Waals surface area (Å²) < 4.78 is 0. The number of piperazine rings is 1. The van der Waals surface area contributed by atoms with Gasteiger partial charge in [0.15, 0.2) is 0 Å². The highest BCUT2D eigenvalue weighted by Gasteiger charge is 2.39. The molecule has 3 fully saturated rings. The van der Waals surface area contributed by atoms with Gasteiger partial charge in [-0.1, -0.05) is 51.7 Å². The average molecular weight is 497 g/mol. The normalized spacial score (nSPS) is 23.7. The van der Waals surface area contributed by atoms with Crippen LogP contribution in [-0.4, -0.2) is 65.8 Å². The predicted molar refractivity (Wildman–Crippen MR) is 143 cm³/mol. The minimum absolute atomic E-state index is 0.0167. The van der Waals surface area contributed by atoms with E-state index in [1.165, 1.54) is 25.7 Å². The lowest BCUT2D eigenvalue weighted by atomic mass is 9.87. The van der Waals surface area contributed by atoms with E-state index < -0.39 is 6.04 Å². The summed E-state index contributed by atoms with van der Waals surface area (Å²) in [6, 6.07) is 7.58. The molecule has 1 aromatic rings. The van der Waals surface area contributed by atoms with Gasteiger partial charge in [-0.3, -0.25) is 19.3 Å². The van der Waals surface area contributed by atoms with E-state index in [9.17, 15) is 14.4 Å². The third kappa shape index (κ3) is 6.87. The molecular formula is C29H44N4O3. The van der Waals surface area contributed by atoms with E-state index in [1.54, 1.807) is 0 Å². The summed E-state index contributed by atoms with van der Waals surface area (Å²) in [5, 5.41) is 6.00. The van der Waals surface area contributed by atoms with Gasteiger partial charge in [0, 0.05) is 50.6 Å². The third-order valence-corrected chi connectivity index (χ3v) is 8.53. The quantitative estimate of drug-likeness (QED) is 0.542. The van der Waals surface area contributed by atoms with Crippen molar-refractivity contribution in [2.24, 2.45) is 11.8 Å². The highest BCUT2D eigenvalue weighted by Crippen LogP contribution is 2.30. The molecule has 0 radical (unpaired) electrons. The SMILES string of the molecule is CCC(=O)NC(Cc1ccc(NC(=O)CC2CCCCC2)cc1)C(=O)N1CCN2CCC(CC)[C@H]2C1. The summed E-state index contributed by atoms with van der Waals surface area (Å²) >= 11 is 0. The number of hydrogen-bond acceptors (Lipinski definition) is 4. The van der Waals surface area contributed by atoms with Gasteiger partial charge in [-0.2, -0.15) is 0 Å². The second-order valence-electron chi connectivity index (χ2n) is 11.0. The van der Waals surface area contributed by atoms with Crippen molar-refractivity contribution < 1.29 is 14.4 Å². The van der Waals surface area contributed by atoms with E-state index in [1.807, 2.05) is 36.1 Å². The lowest BCUT2D eigenvalue weighted by molar-refractivity contribution is -0.138. The Morgan fingerprint density at radius 1 is 0.944 bits per heavy atom. The Morgan fingerprint density at radius 2 is 1.69 bits per heavy atom. The second kappa shape index (κ2) is 12.7. The molecule has 3 amide bonds. The molecule has 2 heterocycles. The number of hydrogen-bond donors (Lipinski definition) is 2. The number of fused-ring (bicyclic) bond motifs is 1. The number of nitrogens with zero attached hydrogens (tertiary/aromatic N) is 2. The molecule has 7 nitrogen and oxygen atoms in total. The Balaban J connectivity index is 1.36. The molecule has 1 aliphatic carbocycles. The molecule has 7 heteroatoms. The summed E-state index contributed by atoms with van der Waals surface area (Å²) in [4.78, 5) is 42.8. The average Bonchev–Trinajstić information content (AvgIpc) is 3.31. The predicted octanol–water partition coefficient (Wildman–Crippen LogP) is 3.98. The van der Waals surface area contributed by atoms with Crippen molar-refractivity contribution in [2.45, 2.75) is 90.1 Å². The van der Waals surface area contributed by atoms with Gasteiger partial charge in [-0.15, -0.1) is 0 Å². The zero-order chi connectivity index (χ0) is 25.5. The fourth-order valence-corrected chi connectivity index (χ4v) is 6.31. The van der Waals surface area contributed by atoms with Crippen LogP contribution in [0.1, 0.15) is 77.2 Å². The van der Waals surface area contributed by atoms with Crippen molar-refractivity contribution in [3.63, 3.8) is 0 Å². The van der Waals surface area contributed by atoms with Crippen molar-refractivity contribution in [1.29, 1.82) is 0 Å². The topological polar surface area (TPSA) is 81.8 Å². The first-order valence-corrected chi connectivity index (χ1v) is 14.2. The van der Waals surface area contributed by atoms with E-state index >= 15 is 0 Å². The van der Waals surface area contributed by atoms with Gasteiger partial charge in [0.25, 0.3) is 0 Å². The maximum atomic E-state index is 13.6. The molecule has 0 spiro atoms. The standard InChI is InChI=1S/C29H44N4O3/c1-3-23-14-15-32-16-17-33(20-26(23)32)29(36)25(31-27(34)4-2)18-22-10-12-24(13-11-22)30-28(35)19-21-8-6-5-7-9-21/h10-13,21,23,25-26H,3-9,14-20H2,1-2H3,(H,30,35)(H,31,34)/t23?,25?,26-/m1/s1. The summed E-state index contributed by atoms with van der Waals surface area (Å²) in [6.07, 6.45) is 9.80. The lowest BCUT2D eigenvalue weighted by Crippen LogP contribution is -2.58. The Kier molecular flexibility index (Phi) is 9.41. The van der Waals surface area contributed by atoms with Crippen LogP contribution in [0, 0.1) is 11.8 Å². The van der Waals surface area contributed by atoms with E-state index in [0.29, 0.717) is 37.1 Å². The fraction of sp³-hybridized carbons (Fsp3) is 0.690. The van der Waals surface area contributed by atoms with Gasteiger partial charge < -0.3 is 15.5 Å². The number of carbonyl (C=O) groups is 3.